The van der Waals surface area contributed by atoms with Crippen molar-refractivity contribution in [2.45, 2.75) is 20.3 Å². The summed E-state index contributed by atoms with van der Waals surface area (Å²) in [4.78, 5) is 0. The SMILES string of the molecule is CC1(C)C=CC2=C(C=C1)CC=C2. The maximum Gasteiger partial charge on any atom is 0.00110 e. The summed E-state index contributed by atoms with van der Waals surface area (Å²) in [5.74, 6) is 0. The van der Waals surface area contributed by atoms with Crippen LogP contribution in [0.15, 0.2) is 47.6 Å². The van der Waals surface area contributed by atoms with Gasteiger partial charge in [0.1, 0.15) is 0 Å². The zero-order valence-corrected chi connectivity index (χ0v) is 7.67. The van der Waals surface area contributed by atoms with Gasteiger partial charge in [-0.25, -0.2) is 0 Å². The largest absolute Gasteiger partial charge is 0.0795 e. The number of hydrogen-bond acceptors (Lipinski definition) is 0. The second-order valence-corrected chi connectivity index (χ2v) is 4.08. The van der Waals surface area contributed by atoms with E-state index in [1.165, 1.54) is 11.1 Å². The van der Waals surface area contributed by atoms with E-state index >= 15 is 0 Å². The van der Waals surface area contributed by atoms with Crippen molar-refractivity contribution in [1.82, 2.24) is 0 Å². The van der Waals surface area contributed by atoms with Gasteiger partial charge in [-0.15, -0.1) is 0 Å². The Morgan fingerprint density at radius 1 is 1.08 bits per heavy atom. The molecular weight excluding hydrogens is 144 g/mol. The van der Waals surface area contributed by atoms with Crippen LogP contribution in [0.3, 0.4) is 0 Å². The molecule has 0 unspecified atom stereocenters. The first kappa shape index (κ1) is 7.60. The van der Waals surface area contributed by atoms with Gasteiger partial charge in [-0.2, -0.15) is 0 Å². The van der Waals surface area contributed by atoms with Gasteiger partial charge >= 0.3 is 0 Å². The molecule has 2 aliphatic carbocycles. The molecule has 12 heavy (non-hydrogen) atoms. The minimum Gasteiger partial charge on any atom is -0.0795 e. The van der Waals surface area contributed by atoms with Crippen LogP contribution in [0.4, 0.5) is 0 Å². The lowest BCUT2D eigenvalue weighted by Crippen LogP contribution is -2.00. The van der Waals surface area contributed by atoms with E-state index in [-0.39, 0.29) is 5.41 Å². The Kier molecular flexibility index (Phi) is 1.57. The Bertz CT molecular complexity index is 309. The van der Waals surface area contributed by atoms with E-state index in [4.69, 9.17) is 0 Å². The first-order chi connectivity index (χ1) is 5.67. The van der Waals surface area contributed by atoms with E-state index in [0.29, 0.717) is 0 Å². The second-order valence-electron chi connectivity index (χ2n) is 4.08. The van der Waals surface area contributed by atoms with Crippen molar-refractivity contribution in [2.24, 2.45) is 5.41 Å². The molecule has 0 heterocycles. The van der Waals surface area contributed by atoms with Crippen LogP contribution in [-0.2, 0) is 0 Å². The normalized spacial score (nSPS) is 24.5. The Hall–Kier alpha value is -1.04. The van der Waals surface area contributed by atoms with Crippen molar-refractivity contribution >= 4 is 0 Å². The summed E-state index contributed by atoms with van der Waals surface area (Å²) in [6.07, 6.45) is 14.6. The molecule has 2 aliphatic rings. The lowest BCUT2D eigenvalue weighted by atomic mass is 9.93. The molecule has 0 atom stereocenters. The molecule has 0 radical (unpaired) electrons. The predicted molar refractivity (Wildman–Crippen MR) is 52.8 cm³/mol. The number of rotatable bonds is 0. The first-order valence-corrected chi connectivity index (χ1v) is 4.46. The van der Waals surface area contributed by atoms with Crippen molar-refractivity contribution in [3.8, 4) is 0 Å². The number of hydrogen-bond donors (Lipinski definition) is 0. The molecule has 62 valence electrons. The molecule has 0 bridgehead atoms. The fraction of sp³-hybridized carbons (Fsp3) is 0.333. The van der Waals surface area contributed by atoms with Crippen molar-refractivity contribution in [3.63, 3.8) is 0 Å². The van der Waals surface area contributed by atoms with Gasteiger partial charge in [-0.05, 0) is 17.6 Å². The van der Waals surface area contributed by atoms with Crippen molar-refractivity contribution in [2.75, 3.05) is 0 Å². The Labute approximate surface area is 74.0 Å². The van der Waals surface area contributed by atoms with Crippen molar-refractivity contribution < 1.29 is 0 Å². The first-order valence-electron chi connectivity index (χ1n) is 4.46. The zero-order valence-electron chi connectivity index (χ0n) is 7.67. The van der Waals surface area contributed by atoms with E-state index in [1.54, 1.807) is 0 Å². The van der Waals surface area contributed by atoms with Crippen LogP contribution in [-0.4, -0.2) is 0 Å². The summed E-state index contributed by atoms with van der Waals surface area (Å²) < 4.78 is 0. The highest BCUT2D eigenvalue weighted by atomic mass is 14.2. The molecule has 0 N–H and O–H groups in total. The second kappa shape index (κ2) is 2.48. The highest BCUT2D eigenvalue weighted by molar-refractivity contribution is 5.49. The third-order valence-electron chi connectivity index (χ3n) is 2.41. The summed E-state index contributed by atoms with van der Waals surface area (Å²) in [6.45, 7) is 4.46. The highest BCUT2D eigenvalue weighted by Gasteiger charge is 2.14. The summed E-state index contributed by atoms with van der Waals surface area (Å²) in [7, 11) is 0. The van der Waals surface area contributed by atoms with Gasteiger partial charge in [0.2, 0.25) is 0 Å². The standard InChI is InChI=1S/C12H14/c1-12(2)8-6-10-4-3-5-11(10)7-9-12/h3-4,6-9H,5H2,1-2H3. The maximum atomic E-state index is 2.28. The van der Waals surface area contributed by atoms with Crippen LogP contribution < -0.4 is 0 Å². The average Bonchev–Trinajstić information content (AvgIpc) is 2.40. The van der Waals surface area contributed by atoms with Crippen LogP contribution in [0.1, 0.15) is 20.3 Å². The molecule has 2 rings (SSSR count). The van der Waals surface area contributed by atoms with E-state index in [2.05, 4.69) is 50.3 Å². The van der Waals surface area contributed by atoms with Crippen molar-refractivity contribution in [1.29, 1.82) is 0 Å². The summed E-state index contributed by atoms with van der Waals surface area (Å²) in [5, 5.41) is 0. The Morgan fingerprint density at radius 3 is 2.67 bits per heavy atom. The highest BCUT2D eigenvalue weighted by Crippen LogP contribution is 2.29. The molecule has 0 nitrogen and oxygen atoms in total. The average molecular weight is 158 g/mol. The van der Waals surface area contributed by atoms with Crippen molar-refractivity contribution in [3.05, 3.63) is 47.6 Å². The molecule has 0 aromatic carbocycles. The lowest BCUT2D eigenvalue weighted by molar-refractivity contribution is 0.626. The molecule has 0 saturated carbocycles. The molecule has 0 aliphatic heterocycles. The summed E-state index contributed by atoms with van der Waals surface area (Å²) >= 11 is 0. The Balaban J connectivity index is 2.39. The lowest BCUT2D eigenvalue weighted by Gasteiger charge is -2.12. The van der Waals surface area contributed by atoms with Crippen LogP contribution in [0.5, 0.6) is 0 Å². The maximum absolute atomic E-state index is 2.28. The number of allylic oxidation sites excluding steroid dienone is 8. The van der Waals surface area contributed by atoms with E-state index in [9.17, 15) is 0 Å². The minimum atomic E-state index is 0.220. The van der Waals surface area contributed by atoms with Gasteiger partial charge in [0, 0.05) is 5.41 Å². The molecular formula is C12H14. The summed E-state index contributed by atoms with van der Waals surface area (Å²) in [5.41, 5.74) is 3.06. The third kappa shape index (κ3) is 1.29. The molecule has 0 heteroatoms. The van der Waals surface area contributed by atoms with E-state index in [1.807, 2.05) is 0 Å². The Morgan fingerprint density at radius 2 is 1.83 bits per heavy atom. The van der Waals surface area contributed by atoms with Crippen LogP contribution in [0.25, 0.3) is 0 Å². The predicted octanol–water partition coefficient (Wildman–Crippen LogP) is 3.40. The van der Waals surface area contributed by atoms with E-state index in [0.717, 1.165) is 6.42 Å². The van der Waals surface area contributed by atoms with E-state index < -0.39 is 0 Å². The quantitative estimate of drug-likeness (QED) is 0.507. The van der Waals surface area contributed by atoms with Gasteiger partial charge < -0.3 is 0 Å². The van der Waals surface area contributed by atoms with Gasteiger partial charge in [0.15, 0.2) is 0 Å². The fourth-order valence-corrected chi connectivity index (χ4v) is 1.54. The van der Waals surface area contributed by atoms with Gasteiger partial charge in [0.25, 0.3) is 0 Å². The van der Waals surface area contributed by atoms with Crippen LogP contribution in [0.2, 0.25) is 0 Å². The van der Waals surface area contributed by atoms with Gasteiger partial charge in [0.05, 0.1) is 0 Å². The summed E-state index contributed by atoms with van der Waals surface area (Å²) in [6, 6.07) is 0. The fourth-order valence-electron chi connectivity index (χ4n) is 1.54. The monoisotopic (exact) mass is 158 g/mol. The molecule has 0 saturated heterocycles. The van der Waals surface area contributed by atoms with Crippen LogP contribution in [0, 0.1) is 5.41 Å². The molecule has 0 fully saturated rings. The molecule has 0 aromatic heterocycles. The molecule has 0 amide bonds. The van der Waals surface area contributed by atoms with Gasteiger partial charge in [-0.1, -0.05) is 50.3 Å². The van der Waals surface area contributed by atoms with Gasteiger partial charge in [-0.3, -0.25) is 0 Å². The smallest absolute Gasteiger partial charge is 0.00110 e. The minimum absolute atomic E-state index is 0.220. The topological polar surface area (TPSA) is 0 Å². The zero-order chi connectivity index (χ0) is 8.60. The molecule has 0 spiro atoms. The van der Waals surface area contributed by atoms with Crippen LogP contribution >= 0.6 is 0 Å². The molecule has 0 aromatic rings. The third-order valence-corrected chi connectivity index (χ3v) is 2.41.